The molecule has 42 valence electrons. The monoisotopic (exact) mass is 214 g/mol. The molecule has 0 aliphatic heterocycles. The van der Waals surface area contributed by atoms with Crippen molar-refractivity contribution in [2.45, 2.75) is 13.8 Å². The Morgan fingerprint density at radius 1 is 0.700 bits per heavy atom. The first kappa shape index (κ1) is 29.3. The third-order valence-electron chi connectivity index (χ3n) is 0.319. The molecule has 0 aromatic rings. The Balaban J connectivity index is -0.0000000208. The fourth-order valence-corrected chi connectivity index (χ4v) is 1.50. The zero-order chi connectivity index (χ0) is 4.83. The maximum atomic E-state index is 2.17. The van der Waals surface area contributed by atoms with Gasteiger partial charge in [-0.2, -0.15) is 0 Å². The first-order valence-electron chi connectivity index (χ1n) is 2.16. The Bertz CT molecular complexity index is 27.2. The van der Waals surface area contributed by atoms with Crippen LogP contribution in [0, 0.1) is 0 Å². The second-order valence-electron chi connectivity index (χ2n) is 0.813. The molecule has 0 unspecified atom stereocenters. The predicted octanol–water partition coefficient (Wildman–Crippen LogP) is 0.884. The minimum absolute atomic E-state index is 0. The summed E-state index contributed by atoms with van der Waals surface area (Å²) in [6, 6.07) is 0. The number of hydrogen-bond acceptors (Lipinski definition) is 2. The maximum Gasteiger partial charge on any atom is 0.000844 e. The van der Waals surface area contributed by atoms with Gasteiger partial charge in [0.25, 0.3) is 0 Å². The molecule has 0 aliphatic carbocycles. The van der Waals surface area contributed by atoms with Crippen LogP contribution in [0.4, 0.5) is 0 Å². The van der Waals surface area contributed by atoms with Crippen molar-refractivity contribution >= 4 is 140 Å². The Kier molecular flexibility index (Phi) is 85.6. The van der Waals surface area contributed by atoms with Crippen LogP contribution in [-0.4, -0.2) is 130 Å². The van der Waals surface area contributed by atoms with Crippen LogP contribution in [0.3, 0.4) is 0 Å². The van der Waals surface area contributed by atoms with E-state index in [1.165, 1.54) is 11.5 Å². The van der Waals surface area contributed by atoms with Crippen molar-refractivity contribution in [2.75, 3.05) is 11.5 Å². The number of rotatable bonds is 3. The molecule has 0 bridgehead atoms. The van der Waals surface area contributed by atoms with Crippen LogP contribution >= 0.6 is 21.6 Å². The van der Waals surface area contributed by atoms with Gasteiger partial charge in [-0.15, -0.1) is 0 Å². The van der Waals surface area contributed by atoms with E-state index in [1.54, 1.807) is 0 Å². The van der Waals surface area contributed by atoms with Gasteiger partial charge in [0.2, 0.25) is 0 Å². The Morgan fingerprint density at radius 3 is 1.00 bits per heavy atom. The van der Waals surface area contributed by atoms with Crippen molar-refractivity contribution in [2.24, 2.45) is 0 Å². The molecule has 0 rings (SSSR count). The summed E-state index contributed by atoms with van der Waals surface area (Å²) in [6.07, 6.45) is 0. The summed E-state index contributed by atoms with van der Waals surface area (Å²) < 4.78 is 0. The fourth-order valence-electron chi connectivity index (χ4n) is 0.167. The first-order chi connectivity index (χ1) is 2.91. The Morgan fingerprint density at radius 2 is 0.900 bits per heavy atom. The standard InChI is InChI=1S/C4H10S2.4Na/c1-3-5-6-4-2;;;;/h3-4H2,1-2H3;;;;. The second kappa shape index (κ2) is 29.2. The summed E-state index contributed by atoms with van der Waals surface area (Å²) in [5, 5.41) is 0. The fraction of sp³-hybridized carbons (Fsp3) is 1.00. The van der Waals surface area contributed by atoms with E-state index in [4.69, 9.17) is 0 Å². The van der Waals surface area contributed by atoms with E-state index < -0.39 is 0 Å². The summed E-state index contributed by atoms with van der Waals surface area (Å²) in [7, 11) is 3.85. The summed E-state index contributed by atoms with van der Waals surface area (Å²) in [4.78, 5) is 0. The van der Waals surface area contributed by atoms with Crippen LogP contribution in [0.15, 0.2) is 0 Å². The maximum absolute atomic E-state index is 2.17. The van der Waals surface area contributed by atoms with Crippen molar-refractivity contribution in [3.8, 4) is 0 Å². The Hall–Kier alpha value is 4.70. The van der Waals surface area contributed by atoms with Crippen molar-refractivity contribution in [1.29, 1.82) is 0 Å². The smallest absolute Gasteiger partial charge is 0.000844 e. The topological polar surface area (TPSA) is 0 Å². The molecule has 0 spiro atoms. The van der Waals surface area contributed by atoms with Gasteiger partial charge in [-0.1, -0.05) is 35.4 Å². The van der Waals surface area contributed by atoms with Crippen molar-refractivity contribution in [3.05, 3.63) is 0 Å². The molecule has 0 heterocycles. The third kappa shape index (κ3) is 29.3. The summed E-state index contributed by atoms with van der Waals surface area (Å²) in [5.41, 5.74) is 0. The molecule has 0 amide bonds. The van der Waals surface area contributed by atoms with Crippen molar-refractivity contribution in [1.82, 2.24) is 0 Å². The quantitative estimate of drug-likeness (QED) is 0.388. The van der Waals surface area contributed by atoms with E-state index in [2.05, 4.69) is 13.8 Å². The largest absolute Gasteiger partial charge is 0.0945 e. The average molecular weight is 214 g/mol. The van der Waals surface area contributed by atoms with Crippen LogP contribution in [0.5, 0.6) is 0 Å². The molecule has 0 nitrogen and oxygen atoms in total. The zero-order valence-electron chi connectivity index (χ0n) is 8.23. The van der Waals surface area contributed by atoms with Gasteiger partial charge in [-0.3, -0.25) is 0 Å². The van der Waals surface area contributed by atoms with E-state index in [0.29, 0.717) is 0 Å². The van der Waals surface area contributed by atoms with Gasteiger partial charge < -0.3 is 0 Å². The molecule has 0 atom stereocenters. The molecule has 4 radical (unpaired) electrons. The summed E-state index contributed by atoms with van der Waals surface area (Å²) in [5.74, 6) is 2.47. The first-order valence-corrected chi connectivity index (χ1v) is 4.65. The van der Waals surface area contributed by atoms with Gasteiger partial charge in [-0.05, 0) is 0 Å². The molecule has 6 heteroatoms. The SMILES string of the molecule is CCSSCC.[Na].[Na].[Na].[Na]. The average Bonchev–Trinajstić information content (AvgIpc) is 1.61. The molecular formula is C4H10Na4S2. The second-order valence-corrected chi connectivity index (χ2v) is 3.85. The third-order valence-corrected chi connectivity index (χ3v) is 2.87. The molecule has 10 heavy (non-hydrogen) atoms. The molecule has 0 aromatic heterocycles. The summed E-state index contributed by atoms with van der Waals surface area (Å²) in [6.45, 7) is 4.35. The number of hydrogen-bond donors (Lipinski definition) is 0. The molecule has 0 saturated heterocycles. The van der Waals surface area contributed by atoms with Crippen LogP contribution in [0.25, 0.3) is 0 Å². The van der Waals surface area contributed by atoms with Gasteiger partial charge in [0.1, 0.15) is 0 Å². The zero-order valence-corrected chi connectivity index (χ0v) is 17.9. The Labute approximate surface area is 161 Å². The minimum Gasteiger partial charge on any atom is -0.0945 e. The molecule has 0 N–H and O–H groups in total. The van der Waals surface area contributed by atoms with E-state index in [1.807, 2.05) is 21.6 Å². The van der Waals surface area contributed by atoms with Crippen LogP contribution < -0.4 is 0 Å². The van der Waals surface area contributed by atoms with E-state index in [0.717, 1.165) is 0 Å². The molecule has 0 aromatic carbocycles. The van der Waals surface area contributed by atoms with Crippen molar-refractivity contribution < 1.29 is 0 Å². The van der Waals surface area contributed by atoms with Gasteiger partial charge >= 0.3 is 0 Å². The van der Waals surface area contributed by atoms with Gasteiger partial charge in [0.15, 0.2) is 0 Å². The summed E-state index contributed by atoms with van der Waals surface area (Å²) >= 11 is 0. The molecule has 0 saturated carbocycles. The van der Waals surface area contributed by atoms with E-state index in [-0.39, 0.29) is 118 Å². The van der Waals surface area contributed by atoms with Gasteiger partial charge in [0.05, 0.1) is 0 Å². The van der Waals surface area contributed by atoms with Crippen LogP contribution in [0.2, 0.25) is 0 Å². The predicted molar refractivity (Wildman–Crippen MR) is 59.3 cm³/mol. The van der Waals surface area contributed by atoms with Gasteiger partial charge in [0, 0.05) is 130 Å². The van der Waals surface area contributed by atoms with Crippen LogP contribution in [0.1, 0.15) is 13.8 Å². The minimum atomic E-state index is 0. The molecule has 0 fully saturated rings. The van der Waals surface area contributed by atoms with Crippen molar-refractivity contribution in [3.63, 3.8) is 0 Å². The van der Waals surface area contributed by atoms with Crippen LogP contribution in [-0.2, 0) is 0 Å². The molecule has 0 aliphatic rings. The van der Waals surface area contributed by atoms with Gasteiger partial charge in [-0.25, -0.2) is 0 Å². The van der Waals surface area contributed by atoms with E-state index >= 15 is 0 Å². The van der Waals surface area contributed by atoms with E-state index in [9.17, 15) is 0 Å². The molecular weight excluding hydrogens is 204 g/mol. The normalized spacial score (nSPS) is 5.40.